The van der Waals surface area contributed by atoms with Crippen molar-refractivity contribution in [1.82, 2.24) is 9.88 Å². The highest BCUT2D eigenvalue weighted by atomic mass is 35.5. The molecular weight excluding hydrogens is 446 g/mol. The number of thiazole rings is 1. The Balaban J connectivity index is 0.00000363. The van der Waals surface area contributed by atoms with Gasteiger partial charge >= 0.3 is 0 Å². The van der Waals surface area contributed by atoms with E-state index in [0.29, 0.717) is 23.2 Å². The lowest BCUT2D eigenvalue weighted by atomic mass is 10.1. The van der Waals surface area contributed by atoms with Crippen molar-refractivity contribution < 1.29 is 14.3 Å². The van der Waals surface area contributed by atoms with Crippen molar-refractivity contribution in [2.75, 3.05) is 46.3 Å². The first-order chi connectivity index (χ1) is 14.8. The van der Waals surface area contributed by atoms with E-state index in [-0.39, 0.29) is 18.3 Å². The fourth-order valence-corrected chi connectivity index (χ4v) is 4.46. The van der Waals surface area contributed by atoms with E-state index in [1.54, 1.807) is 42.6 Å². The molecule has 0 spiro atoms. The molecule has 0 aliphatic rings. The maximum absolute atomic E-state index is 13.2. The number of aromatic nitrogens is 1. The van der Waals surface area contributed by atoms with Crippen LogP contribution in [-0.4, -0.2) is 57.2 Å². The van der Waals surface area contributed by atoms with E-state index >= 15 is 0 Å². The van der Waals surface area contributed by atoms with Gasteiger partial charge in [-0.2, -0.15) is 0 Å². The van der Waals surface area contributed by atoms with Gasteiger partial charge in [0.25, 0.3) is 5.91 Å². The lowest BCUT2D eigenvalue weighted by Gasteiger charge is -2.20. The number of benzene rings is 2. The molecule has 0 aliphatic heterocycles. The first-order valence-corrected chi connectivity index (χ1v) is 10.9. The SMILES string of the molecule is COc1ccc(C=CC(=O)N(CCN(C)C)c2nc3c(C)cc(C)cc3s2)cc1OC.Cl. The number of ether oxygens (including phenoxy) is 2. The number of aryl methyl sites for hydroxylation is 2. The molecule has 172 valence electrons. The van der Waals surface area contributed by atoms with Crippen LogP contribution in [0.3, 0.4) is 0 Å². The predicted molar refractivity (Wildman–Crippen MR) is 136 cm³/mol. The summed E-state index contributed by atoms with van der Waals surface area (Å²) in [5, 5.41) is 0.715. The molecule has 0 aliphatic carbocycles. The summed E-state index contributed by atoms with van der Waals surface area (Å²) in [5.41, 5.74) is 4.13. The highest BCUT2D eigenvalue weighted by Crippen LogP contribution is 2.32. The Morgan fingerprint density at radius 1 is 1.06 bits per heavy atom. The molecule has 0 fully saturated rings. The maximum atomic E-state index is 13.2. The minimum atomic E-state index is -0.106. The van der Waals surface area contributed by atoms with E-state index in [1.165, 1.54) is 5.56 Å². The van der Waals surface area contributed by atoms with Crippen molar-refractivity contribution >= 4 is 51.1 Å². The zero-order chi connectivity index (χ0) is 22.5. The topological polar surface area (TPSA) is 54.9 Å². The molecule has 0 atom stereocenters. The van der Waals surface area contributed by atoms with Gasteiger partial charge in [-0.1, -0.05) is 23.5 Å². The Kier molecular flexibility index (Phi) is 9.07. The lowest BCUT2D eigenvalue weighted by Crippen LogP contribution is -2.35. The second-order valence-corrected chi connectivity index (χ2v) is 8.68. The first kappa shape index (κ1) is 25.6. The van der Waals surface area contributed by atoms with Crippen LogP contribution in [0.4, 0.5) is 5.13 Å². The molecule has 3 aromatic rings. The van der Waals surface area contributed by atoms with Crippen molar-refractivity contribution in [2.24, 2.45) is 0 Å². The van der Waals surface area contributed by atoms with Crippen LogP contribution in [0.1, 0.15) is 16.7 Å². The van der Waals surface area contributed by atoms with Crippen LogP contribution in [0.25, 0.3) is 16.3 Å². The summed E-state index contributed by atoms with van der Waals surface area (Å²) in [5.74, 6) is 1.17. The summed E-state index contributed by atoms with van der Waals surface area (Å²) >= 11 is 1.55. The molecule has 0 N–H and O–H groups in total. The van der Waals surface area contributed by atoms with E-state index in [0.717, 1.165) is 27.9 Å². The average Bonchev–Trinajstić information content (AvgIpc) is 3.15. The van der Waals surface area contributed by atoms with E-state index in [9.17, 15) is 4.79 Å². The van der Waals surface area contributed by atoms with Crippen LogP contribution in [0.5, 0.6) is 11.5 Å². The number of hydrogen-bond acceptors (Lipinski definition) is 6. The zero-order valence-electron chi connectivity index (χ0n) is 19.3. The van der Waals surface area contributed by atoms with Gasteiger partial charge in [0, 0.05) is 19.2 Å². The highest BCUT2D eigenvalue weighted by molar-refractivity contribution is 7.22. The molecule has 32 heavy (non-hydrogen) atoms. The van der Waals surface area contributed by atoms with E-state index in [2.05, 4.69) is 30.9 Å². The van der Waals surface area contributed by atoms with Crippen LogP contribution in [0.2, 0.25) is 0 Å². The molecule has 8 heteroatoms. The second-order valence-electron chi connectivity index (χ2n) is 7.67. The Morgan fingerprint density at radius 3 is 2.44 bits per heavy atom. The van der Waals surface area contributed by atoms with Crippen LogP contribution < -0.4 is 14.4 Å². The quantitative estimate of drug-likeness (QED) is 0.431. The highest BCUT2D eigenvalue weighted by Gasteiger charge is 2.19. The molecule has 0 unspecified atom stereocenters. The number of likely N-dealkylation sites (N-methyl/N-ethyl adjacent to an activating group) is 1. The summed E-state index contributed by atoms with van der Waals surface area (Å²) in [7, 11) is 7.18. The Labute approximate surface area is 199 Å². The maximum Gasteiger partial charge on any atom is 0.252 e. The van der Waals surface area contributed by atoms with Gasteiger partial charge in [0.05, 0.1) is 24.4 Å². The Morgan fingerprint density at radius 2 is 1.78 bits per heavy atom. The van der Waals surface area contributed by atoms with Gasteiger partial charge in [-0.25, -0.2) is 4.98 Å². The van der Waals surface area contributed by atoms with E-state index in [1.807, 2.05) is 32.3 Å². The number of halogens is 1. The van der Waals surface area contributed by atoms with Crippen molar-refractivity contribution in [3.05, 3.63) is 53.1 Å². The number of rotatable bonds is 8. The van der Waals surface area contributed by atoms with E-state index < -0.39 is 0 Å². The largest absolute Gasteiger partial charge is 0.493 e. The minimum absolute atomic E-state index is 0. The van der Waals surface area contributed by atoms with Gasteiger partial charge in [-0.05, 0) is 68.9 Å². The molecule has 6 nitrogen and oxygen atoms in total. The molecule has 1 heterocycles. The molecule has 0 bridgehead atoms. The summed E-state index contributed by atoms with van der Waals surface area (Å²) in [6.45, 7) is 5.43. The molecule has 0 saturated heterocycles. The normalized spacial score (nSPS) is 11.1. The molecule has 1 amide bonds. The Hall–Kier alpha value is -2.61. The third kappa shape index (κ3) is 6.00. The van der Waals surface area contributed by atoms with Crippen LogP contribution in [0, 0.1) is 13.8 Å². The smallest absolute Gasteiger partial charge is 0.252 e. The first-order valence-electron chi connectivity index (χ1n) is 10.1. The van der Waals surface area contributed by atoms with Crippen LogP contribution in [0.15, 0.2) is 36.4 Å². The van der Waals surface area contributed by atoms with Crippen LogP contribution >= 0.6 is 23.7 Å². The number of methoxy groups -OCH3 is 2. The number of anilines is 1. The molecule has 1 aromatic heterocycles. The number of hydrogen-bond donors (Lipinski definition) is 0. The molecule has 0 saturated carbocycles. The lowest BCUT2D eigenvalue weighted by molar-refractivity contribution is -0.114. The molecule has 3 rings (SSSR count). The summed E-state index contributed by atoms with van der Waals surface area (Å²) in [6.07, 6.45) is 3.37. The predicted octanol–water partition coefficient (Wildman–Crippen LogP) is 4.96. The van der Waals surface area contributed by atoms with Gasteiger partial charge in [-0.15, -0.1) is 12.4 Å². The van der Waals surface area contributed by atoms with Crippen molar-refractivity contribution in [1.29, 1.82) is 0 Å². The van der Waals surface area contributed by atoms with Crippen molar-refractivity contribution in [3.63, 3.8) is 0 Å². The monoisotopic (exact) mass is 475 g/mol. The Bertz CT molecular complexity index is 1110. The minimum Gasteiger partial charge on any atom is -0.493 e. The molecule has 0 radical (unpaired) electrons. The molecular formula is C24H30ClN3O3S. The summed E-state index contributed by atoms with van der Waals surface area (Å²) in [4.78, 5) is 21.8. The van der Waals surface area contributed by atoms with Gasteiger partial charge in [0.15, 0.2) is 16.6 Å². The third-order valence-corrected chi connectivity index (χ3v) is 5.94. The zero-order valence-corrected chi connectivity index (χ0v) is 21.0. The average molecular weight is 476 g/mol. The number of amides is 1. The van der Waals surface area contributed by atoms with Gasteiger partial charge in [-0.3, -0.25) is 9.69 Å². The number of nitrogens with zero attached hydrogens (tertiary/aromatic N) is 3. The fourth-order valence-electron chi connectivity index (χ4n) is 3.29. The summed E-state index contributed by atoms with van der Waals surface area (Å²) < 4.78 is 11.7. The third-order valence-electron chi connectivity index (χ3n) is 4.91. The fraction of sp³-hybridized carbons (Fsp3) is 0.333. The van der Waals surface area contributed by atoms with E-state index in [4.69, 9.17) is 14.5 Å². The summed E-state index contributed by atoms with van der Waals surface area (Å²) in [6, 6.07) is 9.80. The van der Waals surface area contributed by atoms with Gasteiger partial charge in [0.2, 0.25) is 0 Å². The van der Waals surface area contributed by atoms with Gasteiger partial charge in [0.1, 0.15) is 0 Å². The van der Waals surface area contributed by atoms with Gasteiger partial charge < -0.3 is 14.4 Å². The number of carbonyl (C=O) groups excluding carboxylic acids is 1. The number of fused-ring (bicyclic) bond motifs is 1. The standard InChI is InChI=1S/C24H29N3O3S.ClH/c1-16-13-17(2)23-21(14-16)31-24(25-23)27(12-11-26(3)4)22(28)10-8-18-7-9-19(29-5)20(15-18)30-6;/h7-10,13-15H,11-12H2,1-6H3;1H. The van der Waals surface area contributed by atoms with Crippen LogP contribution in [-0.2, 0) is 4.79 Å². The molecule has 2 aromatic carbocycles. The number of carbonyl (C=O) groups is 1. The second kappa shape index (κ2) is 11.3. The van der Waals surface area contributed by atoms with Crippen molar-refractivity contribution in [3.8, 4) is 11.5 Å². The van der Waals surface area contributed by atoms with Crippen molar-refractivity contribution in [2.45, 2.75) is 13.8 Å².